The molecule has 4 aromatic rings. The molecule has 0 bridgehead atoms. The molecule has 0 radical (unpaired) electrons. The first-order valence-electron chi connectivity index (χ1n) is 15.1. The molecule has 14 heteroatoms. The van der Waals surface area contributed by atoms with Crippen LogP contribution in [-0.2, 0) is 25.7 Å². The first-order chi connectivity index (χ1) is 23.6. The SMILES string of the molecule is CCOC(=O)C1=C(C)N=c2s/c(=C\c3cc(Cl)c(OCc4ccccc4F)c(Cl)c3)c(=O)n2[C@H]1c1ccc(OCC(=O)OC)c(OCC)c1. The largest absolute Gasteiger partial charge is 0.490 e. The van der Waals surface area contributed by atoms with E-state index in [1.807, 2.05) is 0 Å². The normalized spacial score (nSPS) is 14.2. The minimum Gasteiger partial charge on any atom is -0.490 e. The van der Waals surface area contributed by atoms with Gasteiger partial charge in [-0.15, -0.1) is 0 Å². The number of carbonyl (C=O) groups is 2. The van der Waals surface area contributed by atoms with Gasteiger partial charge in [0.2, 0.25) is 0 Å². The molecule has 256 valence electrons. The Morgan fingerprint density at radius 2 is 1.73 bits per heavy atom. The summed E-state index contributed by atoms with van der Waals surface area (Å²) < 4.78 is 43.0. The topological polar surface area (TPSA) is 115 Å². The van der Waals surface area contributed by atoms with Gasteiger partial charge in [0.1, 0.15) is 12.4 Å². The molecule has 5 rings (SSSR count). The highest BCUT2D eigenvalue weighted by molar-refractivity contribution is 7.07. The van der Waals surface area contributed by atoms with Crippen molar-refractivity contribution in [1.82, 2.24) is 4.57 Å². The van der Waals surface area contributed by atoms with Crippen molar-refractivity contribution in [2.24, 2.45) is 4.99 Å². The predicted molar refractivity (Wildman–Crippen MR) is 183 cm³/mol. The average molecular weight is 730 g/mol. The Morgan fingerprint density at radius 3 is 2.41 bits per heavy atom. The fraction of sp³-hybridized carbons (Fsp3) is 0.257. The van der Waals surface area contributed by atoms with Gasteiger partial charge in [0.25, 0.3) is 5.56 Å². The molecule has 0 N–H and O–H groups in total. The maximum atomic E-state index is 14.1. The summed E-state index contributed by atoms with van der Waals surface area (Å²) in [6, 6.07) is 13.3. The Bertz CT molecular complexity index is 2110. The van der Waals surface area contributed by atoms with E-state index in [4.69, 9.17) is 42.1 Å². The number of carbonyl (C=O) groups excluding carboxylic acids is 2. The van der Waals surface area contributed by atoms with Crippen molar-refractivity contribution in [3.05, 3.63) is 118 Å². The molecule has 0 unspecified atom stereocenters. The zero-order chi connectivity index (χ0) is 35.2. The number of aromatic nitrogens is 1. The summed E-state index contributed by atoms with van der Waals surface area (Å²) >= 11 is 14.2. The third-order valence-electron chi connectivity index (χ3n) is 7.32. The van der Waals surface area contributed by atoms with Gasteiger partial charge >= 0.3 is 11.9 Å². The van der Waals surface area contributed by atoms with Gasteiger partial charge in [-0.05, 0) is 68.3 Å². The van der Waals surface area contributed by atoms with Crippen molar-refractivity contribution in [3.63, 3.8) is 0 Å². The van der Waals surface area contributed by atoms with E-state index in [2.05, 4.69) is 9.73 Å². The lowest BCUT2D eigenvalue weighted by Crippen LogP contribution is -2.40. The van der Waals surface area contributed by atoms with Crippen LogP contribution in [0.1, 0.15) is 43.5 Å². The van der Waals surface area contributed by atoms with Crippen molar-refractivity contribution < 1.29 is 37.7 Å². The second-order valence-electron chi connectivity index (χ2n) is 10.5. The van der Waals surface area contributed by atoms with E-state index < -0.39 is 29.4 Å². The molecule has 0 amide bonds. The molecule has 3 aromatic carbocycles. The molecular formula is C35H31Cl2FN2O8S. The van der Waals surface area contributed by atoms with Crippen molar-refractivity contribution in [1.29, 1.82) is 0 Å². The molecule has 49 heavy (non-hydrogen) atoms. The molecule has 1 aliphatic rings. The minimum atomic E-state index is -0.937. The summed E-state index contributed by atoms with van der Waals surface area (Å²) in [6.07, 6.45) is 1.61. The number of nitrogens with zero attached hydrogens (tertiary/aromatic N) is 2. The number of halogens is 3. The van der Waals surface area contributed by atoms with E-state index in [0.717, 1.165) is 11.3 Å². The second-order valence-corrected chi connectivity index (χ2v) is 12.3. The highest BCUT2D eigenvalue weighted by atomic mass is 35.5. The van der Waals surface area contributed by atoms with Gasteiger partial charge in [0, 0.05) is 5.56 Å². The van der Waals surface area contributed by atoms with Gasteiger partial charge in [-0.2, -0.15) is 0 Å². The highest BCUT2D eigenvalue weighted by Gasteiger charge is 2.34. The van der Waals surface area contributed by atoms with Gasteiger partial charge in [-0.25, -0.2) is 19.0 Å². The molecule has 1 aromatic heterocycles. The summed E-state index contributed by atoms with van der Waals surface area (Å²) in [4.78, 5) is 44.1. The number of rotatable bonds is 12. The summed E-state index contributed by atoms with van der Waals surface area (Å²) in [7, 11) is 1.25. The lowest BCUT2D eigenvalue weighted by Gasteiger charge is -2.25. The van der Waals surface area contributed by atoms with Crippen LogP contribution in [0.5, 0.6) is 17.2 Å². The minimum absolute atomic E-state index is 0.0877. The Labute approximate surface area is 294 Å². The predicted octanol–water partition coefficient (Wildman–Crippen LogP) is 5.77. The number of methoxy groups -OCH3 is 1. The number of thiazole rings is 1. The lowest BCUT2D eigenvalue weighted by molar-refractivity contribution is -0.143. The number of benzene rings is 3. The summed E-state index contributed by atoms with van der Waals surface area (Å²) in [5, 5.41) is 0.332. The second kappa shape index (κ2) is 15.7. The fourth-order valence-electron chi connectivity index (χ4n) is 5.10. The van der Waals surface area contributed by atoms with Crippen molar-refractivity contribution in [2.45, 2.75) is 33.4 Å². The number of hydrogen-bond donors (Lipinski definition) is 0. The van der Waals surface area contributed by atoms with Crippen LogP contribution >= 0.6 is 34.5 Å². The third-order valence-corrected chi connectivity index (χ3v) is 8.87. The van der Waals surface area contributed by atoms with Gasteiger partial charge in [-0.3, -0.25) is 9.36 Å². The molecule has 0 saturated carbocycles. The zero-order valence-corrected chi connectivity index (χ0v) is 29.2. The molecule has 0 fully saturated rings. The number of allylic oxidation sites excluding steroid dienone is 1. The molecule has 10 nitrogen and oxygen atoms in total. The smallest absolute Gasteiger partial charge is 0.343 e. The Hall–Kier alpha value is -4.65. The number of fused-ring (bicyclic) bond motifs is 1. The molecular weight excluding hydrogens is 698 g/mol. The van der Waals surface area contributed by atoms with E-state index in [0.29, 0.717) is 32.9 Å². The third kappa shape index (κ3) is 7.82. The fourth-order valence-corrected chi connectivity index (χ4v) is 6.76. The van der Waals surface area contributed by atoms with Crippen molar-refractivity contribution in [2.75, 3.05) is 26.9 Å². The van der Waals surface area contributed by atoms with Crippen LogP contribution < -0.4 is 29.1 Å². The molecule has 2 heterocycles. The Morgan fingerprint density at radius 1 is 1.00 bits per heavy atom. The standard InChI is InChI=1S/C35H31Cl2FN2O8S/c1-5-45-27-16-21(11-12-26(27)47-18-29(41)44-4)31-30(34(43)46-6-2)19(3)39-35-40(31)33(42)28(49-35)15-20-13-23(36)32(24(37)14-20)48-17-22-9-7-8-10-25(22)38/h7-16,31H,5-6,17-18H2,1-4H3/b28-15-/t31-/m0/s1. The Balaban J connectivity index is 1.57. The van der Waals surface area contributed by atoms with Crippen LogP contribution in [-0.4, -0.2) is 43.4 Å². The van der Waals surface area contributed by atoms with Crippen molar-refractivity contribution in [3.8, 4) is 17.2 Å². The molecule has 0 aliphatic carbocycles. The molecule has 0 spiro atoms. The lowest BCUT2D eigenvalue weighted by atomic mass is 9.95. The van der Waals surface area contributed by atoms with Crippen LogP contribution in [0.4, 0.5) is 4.39 Å². The van der Waals surface area contributed by atoms with E-state index in [9.17, 15) is 18.8 Å². The van der Waals surface area contributed by atoms with Gasteiger partial charge in [0.05, 0.1) is 52.2 Å². The highest BCUT2D eigenvalue weighted by Crippen LogP contribution is 2.37. The van der Waals surface area contributed by atoms with E-state index in [1.54, 1.807) is 75.4 Å². The average Bonchev–Trinajstić information content (AvgIpc) is 3.37. The van der Waals surface area contributed by atoms with Crippen molar-refractivity contribution >= 4 is 52.6 Å². The summed E-state index contributed by atoms with van der Waals surface area (Å²) in [6.45, 7) is 5.10. The van der Waals surface area contributed by atoms with E-state index in [-0.39, 0.29) is 58.1 Å². The zero-order valence-electron chi connectivity index (χ0n) is 26.9. The van der Waals surface area contributed by atoms with Gasteiger partial charge in [0.15, 0.2) is 28.7 Å². The monoisotopic (exact) mass is 728 g/mol. The molecule has 0 saturated heterocycles. The number of ether oxygens (including phenoxy) is 5. The quantitative estimate of drug-likeness (QED) is 0.169. The molecule has 1 atom stereocenters. The number of esters is 2. The summed E-state index contributed by atoms with van der Waals surface area (Å²) in [5.74, 6) is -0.879. The van der Waals surface area contributed by atoms with Gasteiger partial charge < -0.3 is 23.7 Å². The van der Waals surface area contributed by atoms with Crippen LogP contribution in [0.3, 0.4) is 0 Å². The maximum Gasteiger partial charge on any atom is 0.343 e. The van der Waals surface area contributed by atoms with Crippen LogP contribution in [0, 0.1) is 5.82 Å². The first-order valence-corrected chi connectivity index (χ1v) is 16.6. The van der Waals surface area contributed by atoms with Crippen LogP contribution in [0.25, 0.3) is 6.08 Å². The van der Waals surface area contributed by atoms with Crippen LogP contribution in [0.15, 0.2) is 75.7 Å². The van der Waals surface area contributed by atoms with Crippen LogP contribution in [0.2, 0.25) is 10.0 Å². The maximum absolute atomic E-state index is 14.1. The van der Waals surface area contributed by atoms with E-state index >= 15 is 0 Å². The van der Waals surface area contributed by atoms with E-state index in [1.165, 1.54) is 17.7 Å². The molecule has 1 aliphatic heterocycles. The van der Waals surface area contributed by atoms with Gasteiger partial charge in [-0.1, -0.05) is 58.8 Å². The first kappa shape index (κ1) is 35.7. The Kier molecular flexibility index (Phi) is 11.4. The summed E-state index contributed by atoms with van der Waals surface area (Å²) in [5.41, 5.74) is 1.47. The number of hydrogen-bond acceptors (Lipinski definition) is 10.